The van der Waals surface area contributed by atoms with Crippen LogP contribution < -0.4 is 4.74 Å². The van der Waals surface area contributed by atoms with E-state index in [9.17, 15) is 0 Å². The molecule has 2 rings (SSSR count). The second kappa shape index (κ2) is 4.62. The molecule has 0 radical (unpaired) electrons. The van der Waals surface area contributed by atoms with Crippen LogP contribution >= 0.6 is 11.6 Å². The van der Waals surface area contributed by atoms with Gasteiger partial charge >= 0.3 is 0 Å². The number of halogens is 1. The molecule has 1 aromatic heterocycles. The van der Waals surface area contributed by atoms with Crippen LogP contribution in [0.2, 0.25) is 5.15 Å². The van der Waals surface area contributed by atoms with E-state index in [2.05, 4.69) is 4.98 Å². The molecule has 0 amide bonds. The highest BCUT2D eigenvalue weighted by Crippen LogP contribution is 2.17. The first kappa shape index (κ1) is 9.74. The van der Waals surface area contributed by atoms with E-state index in [0.717, 1.165) is 25.2 Å². The fraction of sp³-hybridized carbons (Fsp3) is 0.500. The van der Waals surface area contributed by atoms with Gasteiger partial charge in [-0.2, -0.15) is 0 Å². The summed E-state index contributed by atoms with van der Waals surface area (Å²) < 4.78 is 11.0. The van der Waals surface area contributed by atoms with Crippen molar-refractivity contribution in [3.05, 3.63) is 23.5 Å². The van der Waals surface area contributed by atoms with E-state index in [1.165, 1.54) is 0 Å². The van der Waals surface area contributed by atoms with Crippen LogP contribution in [0.25, 0.3) is 0 Å². The predicted molar refractivity (Wildman–Crippen MR) is 53.7 cm³/mol. The molecule has 3 nitrogen and oxygen atoms in total. The van der Waals surface area contributed by atoms with Gasteiger partial charge in [0.15, 0.2) is 0 Å². The van der Waals surface area contributed by atoms with Crippen molar-refractivity contribution in [2.45, 2.75) is 18.9 Å². The Hall–Kier alpha value is -0.800. The maximum Gasteiger partial charge on any atom is 0.132 e. The average Bonchev–Trinajstić information content (AvgIpc) is 2.67. The molecular weight excluding hydrogens is 202 g/mol. The van der Waals surface area contributed by atoms with E-state index in [1.54, 1.807) is 18.3 Å². The fourth-order valence-corrected chi connectivity index (χ4v) is 1.60. The summed E-state index contributed by atoms with van der Waals surface area (Å²) in [6.45, 7) is 1.45. The average molecular weight is 214 g/mol. The third-order valence-corrected chi connectivity index (χ3v) is 2.36. The molecule has 14 heavy (non-hydrogen) atoms. The van der Waals surface area contributed by atoms with Crippen molar-refractivity contribution in [1.29, 1.82) is 0 Å². The standard InChI is InChI=1S/C10H12ClNO2/c11-10-6-8(3-4-12-10)14-7-9-2-1-5-13-9/h3-4,6,9H,1-2,5,7H2/t9-/m1/s1. The molecule has 1 aliphatic heterocycles. The van der Waals surface area contributed by atoms with E-state index < -0.39 is 0 Å². The lowest BCUT2D eigenvalue weighted by molar-refractivity contribution is 0.0679. The van der Waals surface area contributed by atoms with Crippen LogP contribution in [-0.4, -0.2) is 24.3 Å². The van der Waals surface area contributed by atoms with Gasteiger partial charge in [0.25, 0.3) is 0 Å². The molecule has 1 aromatic rings. The zero-order valence-electron chi connectivity index (χ0n) is 7.78. The Morgan fingerprint density at radius 2 is 2.57 bits per heavy atom. The van der Waals surface area contributed by atoms with Crippen LogP contribution in [-0.2, 0) is 4.74 Å². The normalized spacial score (nSPS) is 21.1. The molecule has 0 bridgehead atoms. The number of hydrogen-bond acceptors (Lipinski definition) is 3. The lowest BCUT2D eigenvalue weighted by Crippen LogP contribution is -2.16. The molecule has 1 aliphatic rings. The smallest absolute Gasteiger partial charge is 0.132 e. The Balaban J connectivity index is 1.85. The van der Waals surface area contributed by atoms with Crippen LogP contribution in [0.3, 0.4) is 0 Å². The number of nitrogens with zero attached hydrogens (tertiary/aromatic N) is 1. The first-order chi connectivity index (χ1) is 6.84. The number of hydrogen-bond donors (Lipinski definition) is 0. The summed E-state index contributed by atoms with van der Waals surface area (Å²) in [7, 11) is 0. The van der Waals surface area contributed by atoms with Crippen LogP contribution in [0.15, 0.2) is 18.3 Å². The Bertz CT molecular complexity index is 300. The van der Waals surface area contributed by atoms with E-state index in [0.29, 0.717) is 11.8 Å². The van der Waals surface area contributed by atoms with E-state index in [-0.39, 0.29) is 6.10 Å². The zero-order chi connectivity index (χ0) is 9.80. The van der Waals surface area contributed by atoms with E-state index in [1.807, 2.05) is 0 Å². The predicted octanol–water partition coefficient (Wildman–Crippen LogP) is 2.29. The molecule has 1 fully saturated rings. The fourth-order valence-electron chi connectivity index (χ4n) is 1.44. The minimum Gasteiger partial charge on any atom is -0.491 e. The van der Waals surface area contributed by atoms with Gasteiger partial charge in [0.05, 0.1) is 6.10 Å². The Morgan fingerprint density at radius 3 is 3.29 bits per heavy atom. The van der Waals surface area contributed by atoms with E-state index >= 15 is 0 Å². The van der Waals surface area contributed by atoms with Gasteiger partial charge in [0, 0.05) is 18.9 Å². The summed E-state index contributed by atoms with van der Waals surface area (Å²) in [6, 6.07) is 3.50. The van der Waals surface area contributed by atoms with Crippen LogP contribution in [0, 0.1) is 0 Å². The van der Waals surface area contributed by atoms with Gasteiger partial charge in [-0.1, -0.05) is 11.6 Å². The molecule has 4 heteroatoms. The quantitative estimate of drug-likeness (QED) is 0.722. The SMILES string of the molecule is Clc1cc(OC[C@H]2CCCO2)ccn1. The molecule has 76 valence electrons. The second-order valence-electron chi connectivity index (χ2n) is 3.26. The minimum atomic E-state index is 0.238. The van der Waals surface area contributed by atoms with Crippen molar-refractivity contribution in [2.24, 2.45) is 0 Å². The molecule has 1 atom stereocenters. The van der Waals surface area contributed by atoms with Crippen LogP contribution in [0.4, 0.5) is 0 Å². The highest BCUT2D eigenvalue weighted by atomic mass is 35.5. The summed E-state index contributed by atoms with van der Waals surface area (Å²) in [6.07, 6.45) is 4.08. The Labute approximate surface area is 88.0 Å². The maximum atomic E-state index is 5.72. The first-order valence-corrected chi connectivity index (χ1v) is 5.08. The van der Waals surface area contributed by atoms with Crippen molar-refractivity contribution in [1.82, 2.24) is 4.98 Å². The highest BCUT2D eigenvalue weighted by molar-refractivity contribution is 6.29. The molecule has 0 spiro atoms. The van der Waals surface area contributed by atoms with Crippen molar-refractivity contribution in [2.75, 3.05) is 13.2 Å². The molecule has 0 N–H and O–H groups in total. The van der Waals surface area contributed by atoms with Crippen molar-refractivity contribution in [3.63, 3.8) is 0 Å². The highest BCUT2D eigenvalue weighted by Gasteiger charge is 2.15. The third-order valence-electron chi connectivity index (χ3n) is 2.16. The van der Waals surface area contributed by atoms with E-state index in [4.69, 9.17) is 21.1 Å². The third kappa shape index (κ3) is 2.59. The molecule has 0 unspecified atom stereocenters. The summed E-state index contributed by atoms with van der Waals surface area (Å²) in [5.41, 5.74) is 0. The molecule has 0 saturated carbocycles. The second-order valence-corrected chi connectivity index (χ2v) is 3.65. The molecule has 1 saturated heterocycles. The van der Waals surface area contributed by atoms with Gasteiger partial charge in [-0.3, -0.25) is 0 Å². The number of rotatable bonds is 3. The largest absolute Gasteiger partial charge is 0.491 e. The van der Waals surface area contributed by atoms with Crippen molar-refractivity contribution in [3.8, 4) is 5.75 Å². The van der Waals surface area contributed by atoms with Gasteiger partial charge in [0.2, 0.25) is 0 Å². The van der Waals surface area contributed by atoms with Crippen molar-refractivity contribution < 1.29 is 9.47 Å². The Morgan fingerprint density at radius 1 is 1.64 bits per heavy atom. The number of pyridine rings is 1. The number of ether oxygens (including phenoxy) is 2. The molecule has 2 heterocycles. The Kier molecular flexibility index (Phi) is 3.22. The lowest BCUT2D eigenvalue weighted by atomic mass is 10.2. The lowest BCUT2D eigenvalue weighted by Gasteiger charge is -2.10. The summed E-state index contributed by atoms with van der Waals surface area (Å²) in [4.78, 5) is 3.87. The molecule has 0 aromatic carbocycles. The van der Waals surface area contributed by atoms with Gasteiger partial charge in [-0.25, -0.2) is 4.98 Å². The molecule has 0 aliphatic carbocycles. The maximum absolute atomic E-state index is 5.72. The first-order valence-electron chi connectivity index (χ1n) is 4.70. The van der Waals surface area contributed by atoms with Crippen molar-refractivity contribution >= 4 is 11.6 Å². The van der Waals surface area contributed by atoms with Gasteiger partial charge < -0.3 is 9.47 Å². The summed E-state index contributed by atoms with van der Waals surface area (Å²) in [5, 5.41) is 0.454. The number of aromatic nitrogens is 1. The topological polar surface area (TPSA) is 31.4 Å². The van der Waals surface area contributed by atoms with Crippen LogP contribution in [0.1, 0.15) is 12.8 Å². The van der Waals surface area contributed by atoms with Gasteiger partial charge in [0.1, 0.15) is 17.5 Å². The zero-order valence-corrected chi connectivity index (χ0v) is 8.54. The molecular formula is C10H12ClNO2. The summed E-state index contributed by atoms with van der Waals surface area (Å²) >= 11 is 5.72. The summed E-state index contributed by atoms with van der Waals surface area (Å²) in [5.74, 6) is 0.750. The monoisotopic (exact) mass is 213 g/mol. The minimum absolute atomic E-state index is 0.238. The van der Waals surface area contributed by atoms with Gasteiger partial charge in [-0.05, 0) is 18.9 Å². The van der Waals surface area contributed by atoms with Gasteiger partial charge in [-0.15, -0.1) is 0 Å². The van der Waals surface area contributed by atoms with Crippen LogP contribution in [0.5, 0.6) is 5.75 Å².